The summed E-state index contributed by atoms with van der Waals surface area (Å²) in [4.78, 5) is 14.6. The fraction of sp³-hybridized carbons (Fsp3) is 0.111. The van der Waals surface area contributed by atoms with Crippen LogP contribution in [0.15, 0.2) is 18.3 Å². The topological polar surface area (TPSA) is 74.8 Å². The van der Waals surface area contributed by atoms with Gasteiger partial charge < -0.3 is 14.6 Å². The molecule has 14 heavy (non-hydrogen) atoms. The van der Waals surface area contributed by atoms with Gasteiger partial charge in [-0.05, 0) is 19.1 Å². The number of nitrogens with zero attached hydrogens (tertiary/aromatic N) is 2. The van der Waals surface area contributed by atoms with Gasteiger partial charge in [-0.2, -0.15) is 0 Å². The molecule has 2 heterocycles. The summed E-state index contributed by atoms with van der Waals surface area (Å²) < 4.78 is 1.54. The van der Waals surface area contributed by atoms with Crippen molar-refractivity contribution in [1.82, 2.24) is 9.38 Å². The number of hydrogen-bond donors (Lipinski definition) is 2. The van der Waals surface area contributed by atoms with Crippen LogP contribution in [0.2, 0.25) is 0 Å². The molecule has 5 nitrogen and oxygen atoms in total. The minimum Gasteiger partial charge on any atom is -0.504 e. The number of fused-ring (bicyclic) bond motifs is 1. The first-order chi connectivity index (χ1) is 6.61. The van der Waals surface area contributed by atoms with E-state index in [1.807, 2.05) is 0 Å². The highest BCUT2D eigenvalue weighted by atomic mass is 16.4. The zero-order valence-corrected chi connectivity index (χ0v) is 7.43. The summed E-state index contributed by atoms with van der Waals surface area (Å²) in [6.45, 7) is 1.64. The summed E-state index contributed by atoms with van der Waals surface area (Å²) in [7, 11) is 0. The predicted octanol–water partition coefficient (Wildman–Crippen LogP) is 1.05. The van der Waals surface area contributed by atoms with E-state index >= 15 is 0 Å². The van der Waals surface area contributed by atoms with Gasteiger partial charge in [0.15, 0.2) is 17.1 Å². The molecule has 0 atom stereocenters. The summed E-state index contributed by atoms with van der Waals surface area (Å²) in [6.07, 6.45) is 1.66. The molecule has 0 aromatic carbocycles. The maximum absolute atomic E-state index is 10.7. The van der Waals surface area contributed by atoms with Crippen molar-refractivity contribution in [2.24, 2.45) is 0 Å². The molecule has 0 aliphatic carbocycles. The fourth-order valence-electron chi connectivity index (χ4n) is 1.37. The maximum Gasteiger partial charge on any atom is 0.356 e. The van der Waals surface area contributed by atoms with Crippen molar-refractivity contribution in [3.8, 4) is 5.75 Å². The first-order valence-corrected chi connectivity index (χ1v) is 4.01. The van der Waals surface area contributed by atoms with Gasteiger partial charge in [-0.1, -0.05) is 0 Å². The van der Waals surface area contributed by atoms with Crippen LogP contribution in [0.4, 0.5) is 0 Å². The van der Waals surface area contributed by atoms with Gasteiger partial charge in [0.05, 0.1) is 5.69 Å². The predicted molar refractivity (Wildman–Crippen MR) is 48.6 cm³/mol. The molecular weight excluding hydrogens is 184 g/mol. The minimum absolute atomic E-state index is 0.0249. The van der Waals surface area contributed by atoms with E-state index in [-0.39, 0.29) is 17.1 Å². The van der Waals surface area contributed by atoms with Gasteiger partial charge in [-0.25, -0.2) is 9.78 Å². The lowest BCUT2D eigenvalue weighted by Gasteiger charge is -1.96. The van der Waals surface area contributed by atoms with Crippen LogP contribution in [0, 0.1) is 6.92 Å². The van der Waals surface area contributed by atoms with Gasteiger partial charge in [0.25, 0.3) is 0 Å². The summed E-state index contributed by atoms with van der Waals surface area (Å²) >= 11 is 0. The van der Waals surface area contributed by atoms with Crippen LogP contribution < -0.4 is 0 Å². The van der Waals surface area contributed by atoms with Crippen molar-refractivity contribution >= 4 is 11.6 Å². The summed E-state index contributed by atoms with van der Waals surface area (Å²) in [5.74, 6) is -1.12. The highest BCUT2D eigenvalue weighted by Crippen LogP contribution is 2.19. The SMILES string of the molecule is Cc1c(C(=O)O)nc2c(O)cccn12. The van der Waals surface area contributed by atoms with Crippen LogP contribution in [-0.2, 0) is 0 Å². The third kappa shape index (κ3) is 1.02. The molecule has 2 aromatic heterocycles. The molecule has 0 saturated carbocycles. The van der Waals surface area contributed by atoms with Gasteiger partial charge in [0.2, 0.25) is 0 Å². The second kappa shape index (κ2) is 2.73. The summed E-state index contributed by atoms with van der Waals surface area (Å²) in [5, 5.41) is 18.2. The lowest BCUT2D eigenvalue weighted by Crippen LogP contribution is -1.99. The number of aromatic hydroxyl groups is 1. The van der Waals surface area contributed by atoms with E-state index < -0.39 is 5.97 Å². The van der Waals surface area contributed by atoms with Crippen molar-refractivity contribution in [3.05, 3.63) is 29.7 Å². The molecule has 0 aliphatic heterocycles. The summed E-state index contributed by atoms with van der Waals surface area (Å²) in [6, 6.07) is 3.09. The zero-order valence-electron chi connectivity index (χ0n) is 7.43. The fourth-order valence-corrected chi connectivity index (χ4v) is 1.37. The Labute approximate surface area is 79.2 Å². The normalized spacial score (nSPS) is 10.6. The molecule has 0 fully saturated rings. The van der Waals surface area contributed by atoms with E-state index in [1.54, 1.807) is 23.6 Å². The number of carboxylic acids is 1. The van der Waals surface area contributed by atoms with Crippen LogP contribution in [0.1, 0.15) is 16.2 Å². The number of aryl methyl sites for hydroxylation is 1. The molecule has 0 spiro atoms. The van der Waals surface area contributed by atoms with E-state index in [9.17, 15) is 9.90 Å². The smallest absolute Gasteiger partial charge is 0.356 e. The number of carbonyl (C=O) groups is 1. The number of aromatic nitrogens is 2. The van der Waals surface area contributed by atoms with E-state index in [2.05, 4.69) is 4.98 Å². The van der Waals surface area contributed by atoms with E-state index in [4.69, 9.17) is 5.11 Å². The molecule has 0 radical (unpaired) electrons. The highest BCUT2D eigenvalue weighted by molar-refractivity contribution is 5.88. The van der Waals surface area contributed by atoms with Crippen molar-refractivity contribution in [2.75, 3.05) is 0 Å². The molecule has 72 valence electrons. The Balaban J connectivity index is 2.86. The van der Waals surface area contributed by atoms with Crippen molar-refractivity contribution in [3.63, 3.8) is 0 Å². The highest BCUT2D eigenvalue weighted by Gasteiger charge is 2.15. The van der Waals surface area contributed by atoms with Crippen LogP contribution in [0.5, 0.6) is 5.75 Å². The molecule has 2 aromatic rings. The van der Waals surface area contributed by atoms with Gasteiger partial charge in [0.1, 0.15) is 0 Å². The molecule has 2 rings (SSSR count). The van der Waals surface area contributed by atoms with Crippen molar-refractivity contribution < 1.29 is 15.0 Å². The Morgan fingerprint density at radius 1 is 1.57 bits per heavy atom. The molecule has 0 bridgehead atoms. The molecule has 2 N–H and O–H groups in total. The first-order valence-electron chi connectivity index (χ1n) is 4.01. The van der Waals surface area contributed by atoms with Crippen molar-refractivity contribution in [1.29, 1.82) is 0 Å². The lowest BCUT2D eigenvalue weighted by atomic mass is 10.3. The van der Waals surface area contributed by atoms with Crippen LogP contribution >= 0.6 is 0 Å². The molecule has 5 heteroatoms. The lowest BCUT2D eigenvalue weighted by molar-refractivity contribution is 0.0690. The first kappa shape index (κ1) is 8.55. The number of hydrogen-bond acceptors (Lipinski definition) is 3. The molecule has 0 saturated heterocycles. The van der Waals surface area contributed by atoms with E-state index in [0.717, 1.165) is 0 Å². The number of rotatable bonds is 1. The Kier molecular flexibility index (Phi) is 1.67. The van der Waals surface area contributed by atoms with Crippen LogP contribution in [0.25, 0.3) is 5.65 Å². The number of aromatic carboxylic acids is 1. The van der Waals surface area contributed by atoms with E-state index in [1.165, 1.54) is 6.07 Å². The Morgan fingerprint density at radius 2 is 2.29 bits per heavy atom. The van der Waals surface area contributed by atoms with Crippen molar-refractivity contribution in [2.45, 2.75) is 6.92 Å². The molecule has 0 unspecified atom stereocenters. The van der Waals surface area contributed by atoms with E-state index in [0.29, 0.717) is 5.69 Å². The molecule has 0 aliphatic rings. The number of imidazole rings is 1. The monoisotopic (exact) mass is 192 g/mol. The molecular formula is C9H8N2O3. The standard InChI is InChI=1S/C9H8N2O3/c1-5-7(9(13)14)10-8-6(12)3-2-4-11(5)8/h2-4,12H,1H3,(H,13,14). The Morgan fingerprint density at radius 3 is 2.86 bits per heavy atom. The van der Waals surface area contributed by atoms with Crippen LogP contribution in [0.3, 0.4) is 0 Å². The third-order valence-corrected chi connectivity index (χ3v) is 2.07. The zero-order chi connectivity index (χ0) is 10.3. The van der Waals surface area contributed by atoms with Gasteiger partial charge in [-0.15, -0.1) is 0 Å². The largest absolute Gasteiger partial charge is 0.504 e. The number of carboxylic acid groups (broad SMARTS) is 1. The quantitative estimate of drug-likeness (QED) is 0.708. The second-order valence-electron chi connectivity index (χ2n) is 2.94. The number of pyridine rings is 1. The maximum atomic E-state index is 10.7. The third-order valence-electron chi connectivity index (χ3n) is 2.07. The van der Waals surface area contributed by atoms with Gasteiger partial charge in [-0.3, -0.25) is 0 Å². The minimum atomic E-state index is -1.09. The average molecular weight is 192 g/mol. The van der Waals surface area contributed by atoms with Gasteiger partial charge >= 0.3 is 5.97 Å². The second-order valence-corrected chi connectivity index (χ2v) is 2.94. The summed E-state index contributed by atoms with van der Waals surface area (Å²) in [5.41, 5.74) is 0.734. The molecule has 0 amide bonds. The Hall–Kier alpha value is -2.04. The van der Waals surface area contributed by atoms with Crippen LogP contribution in [-0.4, -0.2) is 25.6 Å². The van der Waals surface area contributed by atoms with Gasteiger partial charge in [0, 0.05) is 6.20 Å². The Bertz CT molecular complexity index is 516. The average Bonchev–Trinajstić information content (AvgIpc) is 2.46.